The van der Waals surface area contributed by atoms with Crippen LogP contribution in [0.25, 0.3) is 10.9 Å². The number of urea groups is 1. The molecule has 4 amide bonds. The smallest absolute Gasteiger partial charge is 0.318 e. The lowest BCUT2D eigenvalue weighted by Gasteiger charge is -2.31. The molecule has 1 aliphatic heterocycles. The summed E-state index contributed by atoms with van der Waals surface area (Å²) in [6, 6.07) is 13.5. The molecule has 4 rings (SSSR count). The molecule has 2 heterocycles. The first-order chi connectivity index (χ1) is 19.2. The molecule has 2 atom stereocenters. The molecule has 1 aliphatic rings. The van der Waals surface area contributed by atoms with Gasteiger partial charge in [0.25, 0.3) is 0 Å². The fourth-order valence-electron chi connectivity index (χ4n) is 5.03. The van der Waals surface area contributed by atoms with E-state index >= 15 is 0 Å². The molecule has 1 aromatic heterocycles. The minimum absolute atomic E-state index is 0.0585. The van der Waals surface area contributed by atoms with Gasteiger partial charge in [-0.25, -0.2) is 4.79 Å². The normalized spacial score (nSPS) is 14.3. The van der Waals surface area contributed by atoms with E-state index in [0.717, 1.165) is 28.5 Å². The molecule has 0 radical (unpaired) electrons. The summed E-state index contributed by atoms with van der Waals surface area (Å²) in [6.07, 6.45) is 2.90. The van der Waals surface area contributed by atoms with E-state index in [0.29, 0.717) is 19.5 Å². The molecule has 0 unspecified atom stereocenters. The number of nitrogens with zero attached hydrogens (tertiary/aromatic N) is 1. The zero-order valence-corrected chi connectivity index (χ0v) is 22.9. The highest BCUT2D eigenvalue weighted by Crippen LogP contribution is 2.20. The maximum absolute atomic E-state index is 13.6. The minimum atomic E-state index is -1.03. The summed E-state index contributed by atoms with van der Waals surface area (Å²) in [7, 11) is 0. The number of carboxylic acid groups (broad SMARTS) is 1. The van der Waals surface area contributed by atoms with Gasteiger partial charge in [0.2, 0.25) is 11.8 Å². The van der Waals surface area contributed by atoms with E-state index in [1.54, 1.807) is 11.1 Å². The van der Waals surface area contributed by atoms with E-state index in [4.69, 9.17) is 5.11 Å². The fourth-order valence-corrected chi connectivity index (χ4v) is 5.03. The van der Waals surface area contributed by atoms with E-state index in [1.165, 1.54) is 5.56 Å². The average molecular weight is 548 g/mol. The largest absolute Gasteiger partial charge is 0.481 e. The molecule has 0 fully saturated rings. The number of carboxylic acids is 1. The number of amides is 4. The van der Waals surface area contributed by atoms with Gasteiger partial charge in [0.05, 0.1) is 6.42 Å². The lowest BCUT2D eigenvalue weighted by molar-refractivity contribution is -0.137. The second-order valence-corrected chi connectivity index (χ2v) is 10.6. The third kappa shape index (κ3) is 7.40. The number of hydrogen-bond acceptors (Lipinski definition) is 4. The van der Waals surface area contributed by atoms with E-state index in [-0.39, 0.29) is 31.3 Å². The van der Waals surface area contributed by atoms with Crippen molar-refractivity contribution in [3.8, 4) is 0 Å². The third-order valence-electron chi connectivity index (χ3n) is 7.11. The van der Waals surface area contributed by atoms with Crippen molar-refractivity contribution >= 4 is 34.7 Å². The number of rotatable bonds is 11. The molecule has 0 bridgehead atoms. The highest BCUT2D eigenvalue weighted by Gasteiger charge is 2.30. The molecule has 10 heteroatoms. The molecule has 0 aliphatic carbocycles. The van der Waals surface area contributed by atoms with Crippen molar-refractivity contribution in [1.29, 1.82) is 0 Å². The molecular formula is C30H37N5O5. The molecule has 212 valence electrons. The molecule has 3 aromatic rings. The molecule has 0 saturated heterocycles. The Morgan fingerprint density at radius 3 is 2.42 bits per heavy atom. The molecule has 0 spiro atoms. The Labute approximate surface area is 233 Å². The Balaban J connectivity index is 1.48. The molecular weight excluding hydrogens is 510 g/mol. The summed E-state index contributed by atoms with van der Waals surface area (Å²) in [4.78, 5) is 55.7. The molecule has 10 nitrogen and oxygen atoms in total. The average Bonchev–Trinajstić information content (AvgIpc) is 3.34. The predicted octanol–water partition coefficient (Wildman–Crippen LogP) is 2.97. The van der Waals surface area contributed by atoms with Crippen LogP contribution in [0.2, 0.25) is 0 Å². The van der Waals surface area contributed by atoms with Crippen molar-refractivity contribution in [2.75, 3.05) is 13.1 Å². The van der Waals surface area contributed by atoms with Gasteiger partial charge >= 0.3 is 12.0 Å². The number of fused-ring (bicyclic) bond motifs is 2. The Kier molecular flexibility index (Phi) is 9.42. The number of aromatic amines is 1. The van der Waals surface area contributed by atoms with Crippen LogP contribution in [-0.4, -0.2) is 64.0 Å². The summed E-state index contributed by atoms with van der Waals surface area (Å²) in [5, 5.41) is 18.3. The van der Waals surface area contributed by atoms with Crippen LogP contribution in [0.3, 0.4) is 0 Å². The third-order valence-corrected chi connectivity index (χ3v) is 7.11. The number of benzene rings is 2. The Bertz CT molecular complexity index is 1370. The van der Waals surface area contributed by atoms with Crippen LogP contribution in [-0.2, 0) is 33.8 Å². The summed E-state index contributed by atoms with van der Waals surface area (Å²) >= 11 is 0. The lowest BCUT2D eigenvalue weighted by atomic mass is 9.99. The van der Waals surface area contributed by atoms with Crippen molar-refractivity contribution < 1.29 is 24.3 Å². The van der Waals surface area contributed by atoms with Crippen molar-refractivity contribution in [2.45, 2.75) is 58.2 Å². The van der Waals surface area contributed by atoms with Crippen LogP contribution in [0.1, 0.15) is 43.4 Å². The van der Waals surface area contributed by atoms with Crippen LogP contribution in [0.4, 0.5) is 4.79 Å². The quantitative estimate of drug-likeness (QED) is 0.251. The summed E-state index contributed by atoms with van der Waals surface area (Å²) in [5.41, 5.74) is 4.05. The van der Waals surface area contributed by atoms with Gasteiger partial charge in [-0.1, -0.05) is 56.3 Å². The second-order valence-electron chi connectivity index (χ2n) is 10.6. The topological polar surface area (TPSA) is 144 Å². The summed E-state index contributed by atoms with van der Waals surface area (Å²) in [5.74, 6) is -1.87. The standard InChI is InChI=1S/C30H37N5O5/c1-19(2)15-25(34-30(40)35-14-12-20-7-3-4-8-21(20)18-35)29(39)33-26(28(38)31-13-11-27(36)37)16-22-17-32-24-10-6-5-9-23(22)24/h3-10,17,19,25-26,32H,11-16,18H2,1-2H3,(H,31,38)(H,33,39)(H,34,40)(H,36,37)/t25-,26+/m0/s1. The minimum Gasteiger partial charge on any atom is -0.481 e. The highest BCUT2D eigenvalue weighted by atomic mass is 16.4. The first-order valence-electron chi connectivity index (χ1n) is 13.7. The Hall–Kier alpha value is -4.34. The number of aromatic nitrogens is 1. The Morgan fingerprint density at radius 1 is 0.950 bits per heavy atom. The predicted molar refractivity (Wildman–Crippen MR) is 152 cm³/mol. The van der Waals surface area contributed by atoms with Gasteiger partial charge < -0.3 is 30.9 Å². The first-order valence-corrected chi connectivity index (χ1v) is 13.7. The van der Waals surface area contributed by atoms with Gasteiger partial charge in [-0.3, -0.25) is 14.4 Å². The monoisotopic (exact) mass is 547 g/mol. The maximum Gasteiger partial charge on any atom is 0.318 e. The van der Waals surface area contributed by atoms with Crippen molar-refractivity contribution in [3.05, 3.63) is 71.4 Å². The van der Waals surface area contributed by atoms with Crippen molar-refractivity contribution in [1.82, 2.24) is 25.8 Å². The molecule has 0 saturated carbocycles. The molecule has 40 heavy (non-hydrogen) atoms. The fraction of sp³-hybridized carbons (Fsp3) is 0.400. The zero-order valence-electron chi connectivity index (χ0n) is 22.9. The maximum atomic E-state index is 13.6. The SMILES string of the molecule is CC(C)C[C@H](NC(=O)N1CCc2ccccc2C1)C(=O)N[C@H](Cc1c[nH]c2ccccc12)C(=O)NCCC(=O)O. The van der Waals surface area contributed by atoms with Gasteiger partial charge in [-0.2, -0.15) is 0 Å². The summed E-state index contributed by atoms with van der Waals surface area (Å²) < 4.78 is 0. The molecule has 2 aromatic carbocycles. The highest BCUT2D eigenvalue weighted by molar-refractivity contribution is 5.93. The number of para-hydroxylation sites is 1. The number of carbonyl (C=O) groups is 4. The van der Waals surface area contributed by atoms with Crippen LogP contribution in [0.5, 0.6) is 0 Å². The Morgan fingerprint density at radius 2 is 1.68 bits per heavy atom. The lowest BCUT2D eigenvalue weighted by Crippen LogP contribution is -2.56. The number of nitrogens with one attached hydrogen (secondary N) is 4. The van der Waals surface area contributed by atoms with Crippen LogP contribution >= 0.6 is 0 Å². The van der Waals surface area contributed by atoms with Crippen molar-refractivity contribution in [3.63, 3.8) is 0 Å². The van der Waals surface area contributed by atoms with Crippen molar-refractivity contribution in [2.24, 2.45) is 5.92 Å². The van der Waals surface area contributed by atoms with Gasteiger partial charge in [0, 0.05) is 43.2 Å². The van der Waals surface area contributed by atoms with Crippen LogP contribution < -0.4 is 16.0 Å². The van der Waals surface area contributed by atoms with Gasteiger partial charge in [0.15, 0.2) is 0 Å². The summed E-state index contributed by atoms with van der Waals surface area (Å²) in [6.45, 7) is 4.88. The van der Waals surface area contributed by atoms with Crippen LogP contribution in [0.15, 0.2) is 54.7 Å². The molecule has 5 N–H and O–H groups in total. The first kappa shape index (κ1) is 28.7. The van der Waals surface area contributed by atoms with E-state index < -0.39 is 29.9 Å². The van der Waals surface area contributed by atoms with Gasteiger partial charge in [0.1, 0.15) is 12.1 Å². The second kappa shape index (κ2) is 13.1. The van der Waals surface area contributed by atoms with Crippen LogP contribution in [0, 0.1) is 5.92 Å². The number of hydrogen-bond donors (Lipinski definition) is 5. The van der Waals surface area contributed by atoms with Gasteiger partial charge in [-0.15, -0.1) is 0 Å². The number of carbonyl (C=O) groups excluding carboxylic acids is 3. The zero-order chi connectivity index (χ0) is 28.6. The van der Waals surface area contributed by atoms with E-state index in [9.17, 15) is 19.2 Å². The number of aliphatic carboxylic acids is 1. The van der Waals surface area contributed by atoms with Gasteiger partial charge in [-0.05, 0) is 41.5 Å². The number of H-pyrrole nitrogens is 1. The van der Waals surface area contributed by atoms with E-state index in [2.05, 4.69) is 27.0 Å². The van der Waals surface area contributed by atoms with E-state index in [1.807, 2.05) is 56.3 Å².